The first-order valence-corrected chi connectivity index (χ1v) is 11.1. The van der Waals surface area contributed by atoms with Crippen molar-refractivity contribution in [2.75, 3.05) is 7.11 Å². The van der Waals surface area contributed by atoms with Gasteiger partial charge in [0.2, 0.25) is 0 Å². The number of amides is 1. The summed E-state index contributed by atoms with van der Waals surface area (Å²) in [6.07, 6.45) is 0. The third kappa shape index (κ3) is 5.15. The molecule has 1 aromatic heterocycles. The maximum absolute atomic E-state index is 13.2. The van der Waals surface area contributed by atoms with E-state index in [2.05, 4.69) is 10.3 Å². The van der Waals surface area contributed by atoms with Gasteiger partial charge in [-0.2, -0.15) is 0 Å². The summed E-state index contributed by atoms with van der Waals surface area (Å²) in [5, 5.41) is 6.14. The van der Waals surface area contributed by atoms with Gasteiger partial charge in [-0.05, 0) is 36.8 Å². The number of carbonyl (C=O) groups excluding carboxylic acids is 1. The number of benzene rings is 3. The van der Waals surface area contributed by atoms with Crippen LogP contribution in [0.3, 0.4) is 0 Å². The third-order valence-electron chi connectivity index (χ3n) is 5.01. The van der Waals surface area contributed by atoms with Crippen molar-refractivity contribution in [1.82, 2.24) is 10.3 Å². The molecule has 0 radical (unpaired) electrons. The molecule has 0 saturated carbocycles. The number of thiazole rings is 1. The van der Waals surface area contributed by atoms with Crippen LogP contribution in [-0.4, -0.2) is 18.0 Å². The van der Waals surface area contributed by atoms with Crippen molar-refractivity contribution in [1.29, 1.82) is 0 Å². The Morgan fingerprint density at radius 2 is 1.81 bits per heavy atom. The molecule has 1 N–H and O–H groups in total. The molecule has 1 heterocycles. The van der Waals surface area contributed by atoms with Gasteiger partial charge in [-0.25, -0.2) is 4.98 Å². The summed E-state index contributed by atoms with van der Waals surface area (Å²) in [6.45, 7) is 2.33. The van der Waals surface area contributed by atoms with E-state index in [9.17, 15) is 4.79 Å². The van der Waals surface area contributed by atoms with E-state index in [1.165, 1.54) is 0 Å². The lowest BCUT2D eigenvalue weighted by Gasteiger charge is -2.22. The predicted octanol–water partition coefficient (Wildman–Crippen LogP) is 5.56. The zero-order valence-corrected chi connectivity index (χ0v) is 18.8. The number of nitrogens with zero attached hydrogens (tertiary/aromatic N) is 1. The fraction of sp³-hybridized carbons (Fsp3) is 0.154. The molecular formula is C26H24N2O3S. The van der Waals surface area contributed by atoms with Gasteiger partial charge in [0, 0.05) is 16.5 Å². The van der Waals surface area contributed by atoms with Crippen LogP contribution in [0.15, 0.2) is 84.2 Å². The average molecular weight is 445 g/mol. The van der Waals surface area contributed by atoms with Crippen molar-refractivity contribution < 1.29 is 14.3 Å². The Labute approximate surface area is 191 Å². The van der Waals surface area contributed by atoms with E-state index in [1.54, 1.807) is 30.6 Å². The summed E-state index contributed by atoms with van der Waals surface area (Å²) in [6, 6.07) is 24.4. The topological polar surface area (TPSA) is 60.5 Å². The third-order valence-corrected chi connectivity index (χ3v) is 5.83. The Balaban J connectivity index is 1.56. The Kier molecular flexibility index (Phi) is 6.82. The van der Waals surface area contributed by atoms with E-state index >= 15 is 0 Å². The van der Waals surface area contributed by atoms with E-state index in [0.717, 1.165) is 27.6 Å². The molecule has 0 aliphatic carbocycles. The van der Waals surface area contributed by atoms with Crippen LogP contribution in [0.25, 0.3) is 0 Å². The summed E-state index contributed by atoms with van der Waals surface area (Å²) >= 11 is 1.59. The van der Waals surface area contributed by atoms with Crippen LogP contribution in [0.2, 0.25) is 0 Å². The normalized spacial score (nSPS) is 11.6. The molecule has 0 spiro atoms. The van der Waals surface area contributed by atoms with Gasteiger partial charge in [0.15, 0.2) is 0 Å². The van der Waals surface area contributed by atoms with Crippen molar-refractivity contribution in [3.8, 4) is 11.5 Å². The standard InChI is InChI=1S/C26H24N2O3S/c1-18-27-21(17-32-18)16-31-22-12-8-11-20(15-22)26(29)28-25(19-9-4-3-5-10-19)23-13-6-7-14-24(23)30-2/h3-15,17,25H,16H2,1-2H3,(H,28,29). The monoisotopic (exact) mass is 444 g/mol. The molecule has 0 fully saturated rings. The quantitative estimate of drug-likeness (QED) is 0.387. The summed E-state index contributed by atoms with van der Waals surface area (Å²) in [4.78, 5) is 17.6. The first-order chi connectivity index (χ1) is 15.6. The summed E-state index contributed by atoms with van der Waals surface area (Å²) in [5.74, 6) is 1.15. The number of aryl methyl sites for hydroxylation is 1. The highest BCUT2D eigenvalue weighted by Gasteiger charge is 2.21. The lowest BCUT2D eigenvalue weighted by atomic mass is 9.97. The molecule has 4 rings (SSSR count). The van der Waals surface area contributed by atoms with Gasteiger partial charge in [0.25, 0.3) is 5.91 Å². The first kappa shape index (κ1) is 21.6. The Morgan fingerprint density at radius 1 is 1.03 bits per heavy atom. The van der Waals surface area contributed by atoms with Gasteiger partial charge in [0.1, 0.15) is 18.1 Å². The Morgan fingerprint density at radius 3 is 2.56 bits per heavy atom. The van der Waals surface area contributed by atoms with Crippen LogP contribution in [0.4, 0.5) is 0 Å². The van der Waals surface area contributed by atoms with Crippen molar-refractivity contribution in [2.45, 2.75) is 19.6 Å². The van der Waals surface area contributed by atoms with Crippen LogP contribution >= 0.6 is 11.3 Å². The highest BCUT2D eigenvalue weighted by atomic mass is 32.1. The molecule has 0 aliphatic rings. The van der Waals surface area contributed by atoms with Crippen LogP contribution in [0.5, 0.6) is 11.5 Å². The molecule has 4 aromatic rings. The number of aromatic nitrogens is 1. The van der Waals surface area contributed by atoms with E-state index < -0.39 is 0 Å². The van der Waals surface area contributed by atoms with Crippen molar-refractivity contribution >= 4 is 17.2 Å². The number of ether oxygens (including phenoxy) is 2. The number of carbonyl (C=O) groups is 1. The van der Waals surface area contributed by atoms with Crippen LogP contribution in [0.1, 0.15) is 38.2 Å². The number of nitrogens with one attached hydrogen (secondary N) is 1. The molecule has 3 aromatic carbocycles. The van der Waals surface area contributed by atoms with Crippen molar-refractivity contribution in [2.24, 2.45) is 0 Å². The zero-order chi connectivity index (χ0) is 22.3. The molecular weight excluding hydrogens is 420 g/mol. The lowest BCUT2D eigenvalue weighted by molar-refractivity contribution is 0.0942. The van der Waals surface area contributed by atoms with Gasteiger partial charge in [0.05, 0.1) is 23.9 Å². The number of rotatable bonds is 8. The summed E-state index contributed by atoms with van der Waals surface area (Å²) in [7, 11) is 1.63. The van der Waals surface area contributed by atoms with Gasteiger partial charge in [-0.3, -0.25) is 4.79 Å². The van der Waals surface area contributed by atoms with E-state index in [-0.39, 0.29) is 11.9 Å². The largest absolute Gasteiger partial charge is 0.496 e. The summed E-state index contributed by atoms with van der Waals surface area (Å²) in [5.41, 5.74) is 3.26. The van der Waals surface area contributed by atoms with Gasteiger partial charge in [-0.15, -0.1) is 11.3 Å². The predicted molar refractivity (Wildman–Crippen MR) is 126 cm³/mol. The highest BCUT2D eigenvalue weighted by Crippen LogP contribution is 2.30. The minimum atomic E-state index is -0.359. The minimum Gasteiger partial charge on any atom is -0.496 e. The fourth-order valence-electron chi connectivity index (χ4n) is 3.46. The van der Waals surface area contributed by atoms with E-state index in [4.69, 9.17) is 9.47 Å². The second-order valence-electron chi connectivity index (χ2n) is 7.23. The molecule has 1 atom stereocenters. The molecule has 32 heavy (non-hydrogen) atoms. The van der Waals surface area contributed by atoms with Crippen molar-refractivity contribution in [3.63, 3.8) is 0 Å². The minimum absolute atomic E-state index is 0.195. The maximum atomic E-state index is 13.2. The number of hydrogen-bond acceptors (Lipinski definition) is 5. The van der Waals surface area contributed by atoms with Crippen LogP contribution in [-0.2, 0) is 6.61 Å². The smallest absolute Gasteiger partial charge is 0.252 e. The molecule has 0 bridgehead atoms. The van der Waals surface area contributed by atoms with Crippen molar-refractivity contribution in [3.05, 3.63) is 112 Å². The summed E-state index contributed by atoms with van der Waals surface area (Å²) < 4.78 is 11.4. The Bertz CT molecular complexity index is 1190. The maximum Gasteiger partial charge on any atom is 0.252 e. The van der Waals surface area contributed by atoms with Gasteiger partial charge < -0.3 is 14.8 Å². The number of para-hydroxylation sites is 1. The molecule has 1 amide bonds. The molecule has 0 saturated heterocycles. The molecule has 5 nitrogen and oxygen atoms in total. The molecule has 162 valence electrons. The first-order valence-electron chi connectivity index (χ1n) is 10.3. The number of methoxy groups -OCH3 is 1. The molecule has 1 unspecified atom stereocenters. The Hall–Kier alpha value is -3.64. The average Bonchev–Trinajstić information content (AvgIpc) is 3.27. The fourth-order valence-corrected chi connectivity index (χ4v) is 4.06. The van der Waals surface area contributed by atoms with Crippen LogP contribution < -0.4 is 14.8 Å². The number of hydrogen-bond donors (Lipinski definition) is 1. The van der Waals surface area contributed by atoms with Gasteiger partial charge in [-0.1, -0.05) is 54.6 Å². The lowest BCUT2D eigenvalue weighted by Crippen LogP contribution is -2.29. The van der Waals surface area contributed by atoms with E-state index in [0.29, 0.717) is 17.9 Å². The highest BCUT2D eigenvalue weighted by molar-refractivity contribution is 7.09. The zero-order valence-electron chi connectivity index (χ0n) is 17.9. The van der Waals surface area contributed by atoms with Crippen LogP contribution in [0, 0.1) is 6.92 Å². The van der Waals surface area contributed by atoms with Gasteiger partial charge >= 0.3 is 0 Å². The molecule has 6 heteroatoms. The second-order valence-corrected chi connectivity index (χ2v) is 8.30. The van der Waals surface area contributed by atoms with E-state index in [1.807, 2.05) is 79.0 Å². The second kappa shape index (κ2) is 10.1. The molecule has 0 aliphatic heterocycles. The SMILES string of the molecule is COc1ccccc1C(NC(=O)c1cccc(OCc2csc(C)n2)c1)c1ccccc1.